The zero-order chi connectivity index (χ0) is 11.1. The molecule has 0 spiro atoms. The average Bonchev–Trinajstić information content (AvgIpc) is 2.29. The Morgan fingerprint density at radius 1 is 1.20 bits per heavy atom. The third-order valence-electron chi connectivity index (χ3n) is 2.14. The molecule has 0 saturated heterocycles. The van der Waals surface area contributed by atoms with Crippen LogP contribution < -0.4 is 4.90 Å². The van der Waals surface area contributed by atoms with Gasteiger partial charge in [-0.1, -0.05) is 13.8 Å². The van der Waals surface area contributed by atoms with Crippen LogP contribution in [0.1, 0.15) is 32.4 Å². The molecule has 0 saturated carbocycles. The van der Waals surface area contributed by atoms with Crippen molar-refractivity contribution in [3.8, 4) is 0 Å². The lowest BCUT2D eigenvalue weighted by Gasteiger charge is -2.22. The number of hydrogen-bond acceptors (Lipinski definition) is 4. The number of aliphatic hydroxyl groups is 1. The number of rotatable bonds is 6. The van der Waals surface area contributed by atoms with Crippen molar-refractivity contribution in [2.24, 2.45) is 0 Å². The molecular weight excluding hydrogens is 190 g/mol. The van der Waals surface area contributed by atoms with Crippen LogP contribution in [0.3, 0.4) is 0 Å². The van der Waals surface area contributed by atoms with Crippen LogP contribution in [0.25, 0.3) is 0 Å². The van der Waals surface area contributed by atoms with Gasteiger partial charge >= 0.3 is 0 Å². The Morgan fingerprint density at radius 3 is 2.40 bits per heavy atom. The van der Waals surface area contributed by atoms with Gasteiger partial charge in [-0.3, -0.25) is 4.98 Å². The molecule has 15 heavy (non-hydrogen) atoms. The van der Waals surface area contributed by atoms with Gasteiger partial charge in [-0.15, -0.1) is 0 Å². The van der Waals surface area contributed by atoms with Crippen molar-refractivity contribution in [3.05, 3.63) is 18.1 Å². The lowest BCUT2D eigenvalue weighted by Crippen LogP contribution is -2.26. The average molecular weight is 209 g/mol. The maximum absolute atomic E-state index is 8.98. The summed E-state index contributed by atoms with van der Waals surface area (Å²) in [6.07, 6.45) is 5.53. The standard InChI is InChI=1S/C11H19N3O/c1-3-5-14(6-4-2)11-8-12-7-10(9-15)13-11/h7-8,15H,3-6,9H2,1-2H3. The van der Waals surface area contributed by atoms with E-state index in [-0.39, 0.29) is 6.61 Å². The van der Waals surface area contributed by atoms with Crippen LogP contribution in [0, 0.1) is 0 Å². The first-order valence-electron chi connectivity index (χ1n) is 5.48. The highest BCUT2D eigenvalue weighted by atomic mass is 16.3. The summed E-state index contributed by atoms with van der Waals surface area (Å²) in [7, 11) is 0. The number of aliphatic hydroxyl groups excluding tert-OH is 1. The molecule has 4 heteroatoms. The first kappa shape index (κ1) is 11.9. The molecule has 4 nitrogen and oxygen atoms in total. The predicted octanol–water partition coefficient (Wildman–Crippen LogP) is 1.60. The Hall–Kier alpha value is -1.16. The van der Waals surface area contributed by atoms with Crippen molar-refractivity contribution < 1.29 is 5.11 Å². The molecule has 0 unspecified atom stereocenters. The van der Waals surface area contributed by atoms with E-state index in [1.54, 1.807) is 12.4 Å². The van der Waals surface area contributed by atoms with Crippen molar-refractivity contribution in [1.29, 1.82) is 0 Å². The van der Waals surface area contributed by atoms with Gasteiger partial charge in [0, 0.05) is 13.1 Å². The van der Waals surface area contributed by atoms with E-state index in [9.17, 15) is 0 Å². The fourth-order valence-electron chi connectivity index (χ4n) is 1.50. The molecule has 0 fully saturated rings. The molecule has 0 aliphatic heterocycles. The topological polar surface area (TPSA) is 49.2 Å². The van der Waals surface area contributed by atoms with Crippen LogP contribution in [0.5, 0.6) is 0 Å². The Morgan fingerprint density at radius 2 is 1.87 bits per heavy atom. The summed E-state index contributed by atoms with van der Waals surface area (Å²) in [4.78, 5) is 10.6. The number of nitrogens with zero attached hydrogens (tertiary/aromatic N) is 3. The Balaban J connectivity index is 2.79. The van der Waals surface area contributed by atoms with Crippen molar-refractivity contribution in [3.63, 3.8) is 0 Å². The fourth-order valence-corrected chi connectivity index (χ4v) is 1.50. The van der Waals surface area contributed by atoms with Gasteiger partial charge in [-0.05, 0) is 12.8 Å². The van der Waals surface area contributed by atoms with E-state index in [1.807, 2.05) is 0 Å². The summed E-state index contributed by atoms with van der Waals surface area (Å²) in [5.74, 6) is 0.866. The normalized spacial score (nSPS) is 10.3. The molecule has 1 N–H and O–H groups in total. The molecule has 1 heterocycles. The SMILES string of the molecule is CCCN(CCC)c1cncc(CO)n1. The van der Waals surface area contributed by atoms with E-state index in [0.29, 0.717) is 5.69 Å². The molecule has 0 aliphatic rings. The molecular formula is C11H19N3O. The Labute approximate surface area is 91.0 Å². The summed E-state index contributed by atoms with van der Waals surface area (Å²) in [5, 5.41) is 8.98. The maximum atomic E-state index is 8.98. The van der Waals surface area contributed by atoms with E-state index in [2.05, 4.69) is 28.7 Å². The van der Waals surface area contributed by atoms with Gasteiger partial charge in [-0.25, -0.2) is 4.98 Å². The van der Waals surface area contributed by atoms with E-state index >= 15 is 0 Å². The second-order valence-corrected chi connectivity index (χ2v) is 3.51. The molecule has 1 aromatic heterocycles. The van der Waals surface area contributed by atoms with E-state index < -0.39 is 0 Å². The highest BCUT2D eigenvalue weighted by Gasteiger charge is 2.06. The first-order valence-corrected chi connectivity index (χ1v) is 5.48. The van der Waals surface area contributed by atoms with Gasteiger partial charge in [0.25, 0.3) is 0 Å². The zero-order valence-electron chi connectivity index (χ0n) is 9.48. The lowest BCUT2D eigenvalue weighted by molar-refractivity contribution is 0.276. The van der Waals surface area contributed by atoms with Crippen LogP contribution in [0.15, 0.2) is 12.4 Å². The second-order valence-electron chi connectivity index (χ2n) is 3.51. The number of aromatic nitrogens is 2. The van der Waals surface area contributed by atoms with Gasteiger partial charge in [0.1, 0.15) is 5.82 Å². The highest BCUT2D eigenvalue weighted by molar-refractivity contribution is 5.35. The molecule has 0 atom stereocenters. The summed E-state index contributed by atoms with van der Waals surface area (Å²) in [5.41, 5.74) is 0.629. The van der Waals surface area contributed by atoms with Gasteiger partial charge in [0.05, 0.1) is 24.7 Å². The largest absolute Gasteiger partial charge is 0.390 e. The fraction of sp³-hybridized carbons (Fsp3) is 0.636. The van der Waals surface area contributed by atoms with Crippen molar-refractivity contribution in [1.82, 2.24) is 9.97 Å². The highest BCUT2D eigenvalue weighted by Crippen LogP contribution is 2.10. The lowest BCUT2D eigenvalue weighted by atomic mass is 10.3. The molecule has 0 amide bonds. The first-order chi connectivity index (χ1) is 7.31. The zero-order valence-corrected chi connectivity index (χ0v) is 9.48. The number of anilines is 1. The third kappa shape index (κ3) is 3.47. The van der Waals surface area contributed by atoms with Gasteiger partial charge in [-0.2, -0.15) is 0 Å². The molecule has 0 bridgehead atoms. The van der Waals surface area contributed by atoms with Crippen LogP contribution >= 0.6 is 0 Å². The molecule has 1 rings (SSSR count). The predicted molar refractivity (Wildman–Crippen MR) is 60.7 cm³/mol. The molecule has 84 valence electrons. The molecule has 1 aromatic rings. The van der Waals surface area contributed by atoms with Crippen LogP contribution in [-0.4, -0.2) is 28.2 Å². The van der Waals surface area contributed by atoms with Crippen LogP contribution in [-0.2, 0) is 6.61 Å². The maximum Gasteiger partial charge on any atom is 0.147 e. The second kappa shape index (κ2) is 6.35. The van der Waals surface area contributed by atoms with Crippen molar-refractivity contribution >= 4 is 5.82 Å². The molecule has 0 aliphatic carbocycles. The van der Waals surface area contributed by atoms with E-state index in [4.69, 9.17) is 5.11 Å². The minimum Gasteiger partial charge on any atom is -0.390 e. The quantitative estimate of drug-likeness (QED) is 0.773. The Kier molecular flexibility index (Phi) is 5.04. The number of hydrogen-bond donors (Lipinski definition) is 1. The van der Waals surface area contributed by atoms with E-state index in [1.165, 1.54) is 0 Å². The summed E-state index contributed by atoms with van der Waals surface area (Å²) in [6, 6.07) is 0. The van der Waals surface area contributed by atoms with Crippen molar-refractivity contribution in [2.45, 2.75) is 33.3 Å². The minimum atomic E-state index is -0.0487. The third-order valence-corrected chi connectivity index (χ3v) is 2.14. The monoisotopic (exact) mass is 209 g/mol. The van der Waals surface area contributed by atoms with Crippen LogP contribution in [0.4, 0.5) is 5.82 Å². The Bertz CT molecular complexity index is 285. The van der Waals surface area contributed by atoms with Gasteiger partial charge in [0.15, 0.2) is 0 Å². The van der Waals surface area contributed by atoms with Crippen LogP contribution in [0.2, 0.25) is 0 Å². The molecule has 0 radical (unpaired) electrons. The summed E-state index contributed by atoms with van der Waals surface area (Å²) >= 11 is 0. The summed E-state index contributed by atoms with van der Waals surface area (Å²) < 4.78 is 0. The van der Waals surface area contributed by atoms with Gasteiger partial charge in [0.2, 0.25) is 0 Å². The van der Waals surface area contributed by atoms with Crippen molar-refractivity contribution in [2.75, 3.05) is 18.0 Å². The van der Waals surface area contributed by atoms with Gasteiger partial charge < -0.3 is 10.0 Å². The smallest absolute Gasteiger partial charge is 0.147 e. The minimum absolute atomic E-state index is 0.0487. The van der Waals surface area contributed by atoms with E-state index in [0.717, 1.165) is 31.7 Å². The summed E-state index contributed by atoms with van der Waals surface area (Å²) in [6.45, 7) is 6.21. The molecule has 0 aromatic carbocycles.